The molecule has 5 N–H and O–H groups in total. The van der Waals surface area contributed by atoms with Crippen LogP contribution < -0.4 is 20.9 Å². The molecule has 2 amide bonds. The van der Waals surface area contributed by atoms with Gasteiger partial charge < -0.3 is 10.4 Å². The summed E-state index contributed by atoms with van der Waals surface area (Å²) in [7, 11) is -4.48. The zero-order valence-electron chi connectivity index (χ0n) is 17.4. The maximum atomic E-state index is 13.0. The number of benzene rings is 2. The van der Waals surface area contributed by atoms with E-state index in [4.69, 9.17) is 0 Å². The summed E-state index contributed by atoms with van der Waals surface area (Å²) in [6, 6.07) is 7.79. The van der Waals surface area contributed by atoms with Crippen LogP contribution in [0.3, 0.4) is 0 Å². The number of nitrogens with one attached hydrogen (secondary N) is 4. The number of rotatable bonds is 8. The molecule has 0 radical (unpaired) electrons. The van der Waals surface area contributed by atoms with Gasteiger partial charge in [-0.15, -0.1) is 0 Å². The molecule has 176 valence electrons. The molecule has 0 bridgehead atoms. The quantitative estimate of drug-likeness (QED) is 0.284. The van der Waals surface area contributed by atoms with Crippen molar-refractivity contribution in [2.45, 2.75) is 43.0 Å². The highest BCUT2D eigenvalue weighted by Gasteiger charge is 2.25. The molecule has 12 nitrogen and oxygen atoms in total. The largest absolute Gasteiger partial charge is 0.478 e. The zero-order valence-corrected chi connectivity index (χ0v) is 18.2. The summed E-state index contributed by atoms with van der Waals surface area (Å²) < 4.78 is 28.2. The first kappa shape index (κ1) is 23.8. The minimum Gasteiger partial charge on any atom is -0.478 e. The number of hydrogen-bond acceptors (Lipinski definition) is 7. The average molecular weight is 477 g/mol. The predicted molar refractivity (Wildman–Crippen MR) is 119 cm³/mol. The number of hydrazine groups is 1. The van der Waals surface area contributed by atoms with Crippen LogP contribution in [0.25, 0.3) is 0 Å². The van der Waals surface area contributed by atoms with Crippen LogP contribution in [0.15, 0.2) is 47.4 Å². The van der Waals surface area contributed by atoms with Gasteiger partial charge in [-0.05, 0) is 31.0 Å². The number of amides is 2. The van der Waals surface area contributed by atoms with Gasteiger partial charge in [0.15, 0.2) is 0 Å². The molecule has 2 aromatic carbocycles. The van der Waals surface area contributed by atoms with Gasteiger partial charge in [-0.25, -0.2) is 18.0 Å². The number of urea groups is 1. The summed E-state index contributed by atoms with van der Waals surface area (Å²) in [6.07, 6.45) is 4.81. The minimum absolute atomic E-state index is 0.00907. The Morgan fingerprint density at radius 1 is 1.03 bits per heavy atom. The molecule has 0 atom stereocenters. The number of anilines is 2. The van der Waals surface area contributed by atoms with Gasteiger partial charge in [-0.1, -0.05) is 31.4 Å². The zero-order chi connectivity index (χ0) is 24.0. The van der Waals surface area contributed by atoms with Crippen molar-refractivity contribution in [3.63, 3.8) is 0 Å². The van der Waals surface area contributed by atoms with Gasteiger partial charge in [-0.2, -0.15) is 0 Å². The van der Waals surface area contributed by atoms with Gasteiger partial charge in [0.05, 0.1) is 21.9 Å². The summed E-state index contributed by atoms with van der Waals surface area (Å²) in [5, 5.41) is 23.3. The standard InChI is InChI=1S/C20H23N5O7S/c26-19(27)15-8-4-5-9-16(15)24-33(31,32)18-12-14(25(29)30)10-11-17(18)22-23-20(28)21-13-6-2-1-3-7-13/h4-5,8-13,22,24H,1-3,6-7H2,(H,26,27)(H2,21,23,28). The van der Waals surface area contributed by atoms with Gasteiger partial charge in [0, 0.05) is 18.2 Å². The van der Waals surface area contributed by atoms with E-state index in [9.17, 15) is 33.2 Å². The monoisotopic (exact) mass is 477 g/mol. The fourth-order valence-corrected chi connectivity index (χ4v) is 4.76. The van der Waals surface area contributed by atoms with Gasteiger partial charge >= 0.3 is 12.0 Å². The van der Waals surface area contributed by atoms with E-state index in [-0.39, 0.29) is 23.0 Å². The molecule has 2 aromatic rings. The molecule has 0 unspecified atom stereocenters. The Bertz CT molecular complexity index is 1160. The molecule has 33 heavy (non-hydrogen) atoms. The smallest absolute Gasteiger partial charge is 0.337 e. The topological polar surface area (TPSA) is 180 Å². The lowest BCUT2D eigenvalue weighted by Gasteiger charge is -2.23. The van der Waals surface area contributed by atoms with Crippen molar-refractivity contribution < 1.29 is 28.0 Å². The Hall–Kier alpha value is -3.87. The molecule has 1 aliphatic rings. The van der Waals surface area contributed by atoms with Gasteiger partial charge in [0.25, 0.3) is 15.7 Å². The van der Waals surface area contributed by atoms with Crippen LogP contribution in [-0.4, -0.2) is 36.5 Å². The van der Waals surface area contributed by atoms with Crippen LogP contribution in [0.5, 0.6) is 0 Å². The summed E-state index contributed by atoms with van der Waals surface area (Å²) in [6.45, 7) is 0. The van der Waals surface area contributed by atoms with Crippen molar-refractivity contribution in [3.05, 3.63) is 58.1 Å². The van der Waals surface area contributed by atoms with Gasteiger partial charge in [-0.3, -0.25) is 25.7 Å². The van der Waals surface area contributed by atoms with Gasteiger partial charge in [0.2, 0.25) is 0 Å². The van der Waals surface area contributed by atoms with Crippen LogP contribution >= 0.6 is 0 Å². The lowest BCUT2D eigenvalue weighted by atomic mass is 9.96. The number of aromatic carboxylic acids is 1. The number of carbonyl (C=O) groups excluding carboxylic acids is 1. The summed E-state index contributed by atoms with van der Waals surface area (Å²) in [5.74, 6) is -1.35. The molecule has 1 aliphatic carbocycles. The number of carbonyl (C=O) groups is 2. The second kappa shape index (κ2) is 10.2. The first-order valence-corrected chi connectivity index (χ1v) is 11.6. The molecule has 0 heterocycles. The maximum absolute atomic E-state index is 13.0. The number of non-ortho nitro benzene ring substituents is 1. The maximum Gasteiger partial charge on any atom is 0.337 e. The summed E-state index contributed by atoms with van der Waals surface area (Å²) in [5.41, 5.74) is 3.67. The Balaban J connectivity index is 1.85. The van der Waals surface area contributed by atoms with Crippen LogP contribution in [0.2, 0.25) is 0 Å². The van der Waals surface area contributed by atoms with Crippen molar-refractivity contribution >= 4 is 39.1 Å². The molecular weight excluding hydrogens is 454 g/mol. The molecule has 0 saturated heterocycles. The number of nitro groups is 1. The van der Waals surface area contributed by atoms with Crippen LogP contribution in [0.1, 0.15) is 42.5 Å². The molecule has 13 heteroatoms. The average Bonchev–Trinajstić information content (AvgIpc) is 2.78. The number of carboxylic acid groups (broad SMARTS) is 1. The van der Waals surface area contributed by atoms with Crippen LogP contribution in [-0.2, 0) is 10.0 Å². The first-order valence-electron chi connectivity index (χ1n) is 10.1. The third kappa shape index (κ3) is 6.10. The molecular formula is C20H23N5O7S. The highest BCUT2D eigenvalue weighted by Crippen LogP contribution is 2.29. The van der Waals surface area contributed by atoms with Crippen LogP contribution in [0, 0.1) is 10.1 Å². The molecule has 0 aromatic heterocycles. The van der Waals surface area contributed by atoms with Crippen molar-refractivity contribution in [3.8, 4) is 0 Å². The molecule has 1 saturated carbocycles. The molecule has 0 spiro atoms. The molecule has 3 rings (SSSR count). The number of sulfonamides is 1. The van der Waals surface area contributed by atoms with Crippen molar-refractivity contribution in [1.82, 2.24) is 10.7 Å². The number of nitro benzene ring substituents is 1. The third-order valence-corrected chi connectivity index (χ3v) is 6.52. The van der Waals surface area contributed by atoms with E-state index in [1.807, 2.05) is 0 Å². The molecule has 0 aliphatic heterocycles. The van der Waals surface area contributed by atoms with Crippen molar-refractivity contribution in [2.75, 3.05) is 10.1 Å². The highest BCUT2D eigenvalue weighted by atomic mass is 32.2. The fourth-order valence-electron chi connectivity index (χ4n) is 3.50. The van der Waals surface area contributed by atoms with E-state index < -0.39 is 37.5 Å². The van der Waals surface area contributed by atoms with E-state index in [0.717, 1.165) is 50.3 Å². The second-order valence-electron chi connectivity index (χ2n) is 7.45. The molecule has 1 fully saturated rings. The van der Waals surface area contributed by atoms with E-state index >= 15 is 0 Å². The lowest BCUT2D eigenvalue weighted by molar-refractivity contribution is -0.385. The van der Waals surface area contributed by atoms with Gasteiger partial charge in [0.1, 0.15) is 4.90 Å². The normalized spacial score (nSPS) is 14.2. The number of hydrogen-bond donors (Lipinski definition) is 5. The number of nitrogens with zero attached hydrogens (tertiary/aromatic N) is 1. The van der Waals surface area contributed by atoms with Crippen molar-refractivity contribution in [2.24, 2.45) is 0 Å². The third-order valence-electron chi connectivity index (χ3n) is 5.12. The van der Waals surface area contributed by atoms with E-state index in [2.05, 4.69) is 20.9 Å². The van der Waals surface area contributed by atoms with E-state index in [1.54, 1.807) is 0 Å². The van der Waals surface area contributed by atoms with E-state index in [1.165, 1.54) is 24.3 Å². The summed E-state index contributed by atoms with van der Waals surface area (Å²) in [4.78, 5) is 33.5. The first-order chi connectivity index (χ1) is 15.7. The Morgan fingerprint density at radius 2 is 1.73 bits per heavy atom. The Kier molecular flexibility index (Phi) is 7.33. The minimum atomic E-state index is -4.48. The Morgan fingerprint density at radius 3 is 2.39 bits per heavy atom. The van der Waals surface area contributed by atoms with Crippen LogP contribution in [0.4, 0.5) is 21.9 Å². The lowest BCUT2D eigenvalue weighted by Crippen LogP contribution is -2.45. The second-order valence-corrected chi connectivity index (χ2v) is 9.10. The van der Waals surface area contributed by atoms with Crippen molar-refractivity contribution in [1.29, 1.82) is 0 Å². The Labute approximate surface area is 189 Å². The highest BCUT2D eigenvalue weighted by molar-refractivity contribution is 7.93. The number of para-hydroxylation sites is 1. The van der Waals surface area contributed by atoms with E-state index in [0.29, 0.717) is 0 Å². The summed E-state index contributed by atoms with van der Waals surface area (Å²) >= 11 is 0. The fraction of sp³-hybridized carbons (Fsp3) is 0.300. The predicted octanol–water partition coefficient (Wildman–Crippen LogP) is 3.05. The SMILES string of the molecule is O=C(NNc1ccc([N+](=O)[O-])cc1S(=O)(=O)Nc1ccccc1C(=O)O)NC1CCCCC1. The number of carboxylic acids is 1.